The summed E-state index contributed by atoms with van der Waals surface area (Å²) in [7, 11) is -7.78. The van der Waals surface area contributed by atoms with E-state index >= 15 is 0 Å². The molecular weight excluding hydrogens is 356 g/mol. The summed E-state index contributed by atoms with van der Waals surface area (Å²) in [4.78, 5) is 0.489. The van der Waals surface area contributed by atoms with Crippen molar-refractivity contribution >= 4 is 27.8 Å². The number of thiophene rings is 1. The average Bonchev–Trinajstić information content (AvgIpc) is 2.74. The molecule has 0 saturated carbocycles. The van der Waals surface area contributed by atoms with E-state index in [2.05, 4.69) is 0 Å². The van der Waals surface area contributed by atoms with Crippen LogP contribution < -0.4 is 0 Å². The SMILES string of the molecule is CCc1ccc2cc(C(C)(C)C)[s+](C(F)(F)F)c2c1.F[B-](F)(F)F. The molecule has 1 atom stereocenters. The van der Waals surface area contributed by atoms with Crippen molar-refractivity contribution in [3.8, 4) is 0 Å². The smallest absolute Gasteiger partial charge is 0.418 e. The molecule has 24 heavy (non-hydrogen) atoms. The minimum atomic E-state index is -6.00. The van der Waals surface area contributed by atoms with Gasteiger partial charge in [-0.15, -0.1) is 13.2 Å². The van der Waals surface area contributed by atoms with Crippen molar-refractivity contribution in [2.24, 2.45) is 0 Å². The maximum atomic E-state index is 13.4. The zero-order valence-corrected chi connectivity index (χ0v) is 14.5. The molecule has 0 spiro atoms. The van der Waals surface area contributed by atoms with Gasteiger partial charge in [-0.1, -0.05) is 33.8 Å². The molecule has 1 unspecified atom stereocenters. The van der Waals surface area contributed by atoms with Gasteiger partial charge in [0.05, 0.1) is 10.5 Å². The molecule has 9 heteroatoms. The Hall–Kier alpha value is -1.25. The Balaban J connectivity index is 0.000000505. The Morgan fingerprint density at radius 1 is 0.958 bits per heavy atom. The van der Waals surface area contributed by atoms with E-state index in [-0.39, 0.29) is 0 Å². The van der Waals surface area contributed by atoms with Crippen LogP contribution in [-0.4, -0.2) is 7.25 Å². The maximum Gasteiger partial charge on any atom is 0.673 e. The monoisotopic (exact) mass is 374 g/mol. The lowest BCUT2D eigenvalue weighted by molar-refractivity contribution is -0.0869. The van der Waals surface area contributed by atoms with Crippen molar-refractivity contribution < 1.29 is 30.4 Å². The second-order valence-corrected chi connectivity index (χ2v) is 8.19. The Morgan fingerprint density at radius 3 is 1.83 bits per heavy atom. The highest BCUT2D eigenvalue weighted by atomic mass is 32.2. The number of hydrogen-bond acceptors (Lipinski definition) is 0. The second-order valence-electron chi connectivity index (χ2n) is 6.23. The zero-order valence-electron chi connectivity index (χ0n) is 13.6. The Morgan fingerprint density at radius 2 is 1.46 bits per heavy atom. The molecule has 0 fully saturated rings. The molecule has 0 aliphatic carbocycles. The predicted molar refractivity (Wildman–Crippen MR) is 86.0 cm³/mol. The minimum Gasteiger partial charge on any atom is -0.418 e. The van der Waals surface area contributed by atoms with Gasteiger partial charge in [0.25, 0.3) is 0 Å². The summed E-state index contributed by atoms with van der Waals surface area (Å²) in [5, 5.41) is 0.725. The quantitative estimate of drug-likeness (QED) is 0.281. The van der Waals surface area contributed by atoms with Crippen LogP contribution in [0.5, 0.6) is 0 Å². The van der Waals surface area contributed by atoms with Gasteiger partial charge in [-0.2, -0.15) is 0 Å². The summed E-state index contributed by atoms with van der Waals surface area (Å²) >= 11 is 0. The van der Waals surface area contributed by atoms with E-state index in [1.165, 1.54) is 0 Å². The topological polar surface area (TPSA) is 0 Å². The van der Waals surface area contributed by atoms with Gasteiger partial charge in [-0.05, 0) is 18.1 Å². The molecule has 0 saturated heterocycles. The molecular formula is C15H18BF7S. The summed E-state index contributed by atoms with van der Waals surface area (Å²) in [6, 6.07) is 7.18. The van der Waals surface area contributed by atoms with Crippen LogP contribution in [0.4, 0.5) is 30.4 Å². The number of halogens is 7. The van der Waals surface area contributed by atoms with Gasteiger partial charge in [0.2, 0.25) is 0 Å². The van der Waals surface area contributed by atoms with E-state index < -0.39 is 28.6 Å². The fourth-order valence-corrected chi connectivity index (χ4v) is 4.41. The first-order valence-corrected chi connectivity index (χ1v) is 8.40. The van der Waals surface area contributed by atoms with Crippen LogP contribution in [0, 0.1) is 0 Å². The van der Waals surface area contributed by atoms with Crippen LogP contribution in [0.2, 0.25) is 0 Å². The number of aryl methyl sites for hydroxylation is 1. The van der Waals surface area contributed by atoms with E-state index in [9.17, 15) is 30.4 Å². The van der Waals surface area contributed by atoms with Crippen LogP contribution in [-0.2, 0) is 17.3 Å². The first-order valence-electron chi connectivity index (χ1n) is 7.18. The lowest BCUT2D eigenvalue weighted by Crippen LogP contribution is -2.12. The molecule has 1 heterocycles. The minimum absolute atomic E-state index is 0.441. The molecule has 1 aromatic heterocycles. The summed E-state index contributed by atoms with van der Waals surface area (Å²) in [5.41, 5.74) is -3.70. The second kappa shape index (κ2) is 6.94. The fraction of sp³-hybridized carbons (Fsp3) is 0.467. The molecule has 2 rings (SSSR count). The normalized spacial score (nSPS) is 13.7. The van der Waals surface area contributed by atoms with Crippen molar-refractivity contribution in [3.63, 3.8) is 0 Å². The molecule has 0 aliphatic rings. The van der Waals surface area contributed by atoms with Gasteiger partial charge in [0.15, 0.2) is 9.58 Å². The third-order valence-corrected chi connectivity index (χ3v) is 5.61. The lowest BCUT2D eigenvalue weighted by atomic mass is 9.94. The molecule has 1 aromatic carbocycles. The van der Waals surface area contributed by atoms with E-state index in [4.69, 9.17) is 0 Å². The van der Waals surface area contributed by atoms with Crippen LogP contribution in [0.15, 0.2) is 24.3 Å². The highest BCUT2D eigenvalue weighted by molar-refractivity contribution is 7.38. The van der Waals surface area contributed by atoms with Crippen molar-refractivity contribution in [3.05, 3.63) is 34.7 Å². The van der Waals surface area contributed by atoms with Gasteiger partial charge in [0, 0.05) is 22.9 Å². The number of rotatable bonds is 1. The standard InChI is InChI=1S/C15H18F3S.BF4/c1-5-10-6-7-11-9-13(14(2,3)4)19(12(11)8-10)15(16,17)18;2-1(3,4)5/h6-9H,5H2,1-4H3;/q+1;-1. The molecule has 0 bridgehead atoms. The van der Waals surface area contributed by atoms with Crippen molar-refractivity contribution in [1.82, 2.24) is 0 Å². The van der Waals surface area contributed by atoms with Crippen molar-refractivity contribution in [2.75, 3.05) is 0 Å². The zero-order chi connectivity index (χ0) is 18.9. The van der Waals surface area contributed by atoms with E-state index in [0.717, 1.165) is 17.4 Å². The third kappa shape index (κ3) is 5.68. The van der Waals surface area contributed by atoms with Gasteiger partial charge >= 0.3 is 12.8 Å². The van der Waals surface area contributed by atoms with Crippen molar-refractivity contribution in [1.29, 1.82) is 0 Å². The Bertz CT molecular complexity index is 687. The number of hydrogen-bond donors (Lipinski definition) is 0. The van der Waals surface area contributed by atoms with E-state index in [0.29, 0.717) is 9.58 Å². The Labute approximate surface area is 138 Å². The van der Waals surface area contributed by atoms with Gasteiger partial charge in [0.1, 0.15) is 0 Å². The van der Waals surface area contributed by atoms with E-state index in [1.54, 1.807) is 12.1 Å². The molecule has 0 amide bonds. The highest BCUT2D eigenvalue weighted by Crippen LogP contribution is 2.54. The first-order chi connectivity index (χ1) is 10.6. The van der Waals surface area contributed by atoms with Crippen LogP contribution in [0.25, 0.3) is 10.1 Å². The fourth-order valence-electron chi connectivity index (χ4n) is 2.19. The molecule has 0 radical (unpaired) electrons. The van der Waals surface area contributed by atoms with Crippen molar-refractivity contribution in [2.45, 2.75) is 45.0 Å². The third-order valence-electron chi connectivity index (χ3n) is 3.18. The highest BCUT2D eigenvalue weighted by Gasteiger charge is 2.50. The van der Waals surface area contributed by atoms with Gasteiger partial charge in [-0.3, -0.25) is 0 Å². The van der Waals surface area contributed by atoms with Gasteiger partial charge in [-0.25, -0.2) is 0 Å². The van der Waals surface area contributed by atoms with Crippen LogP contribution in [0.1, 0.15) is 38.1 Å². The summed E-state index contributed by atoms with van der Waals surface area (Å²) in [6.45, 7) is 7.49. The Kier molecular flexibility index (Phi) is 6.01. The molecule has 0 nitrogen and oxygen atoms in total. The molecule has 0 aliphatic heterocycles. The maximum absolute atomic E-state index is 13.4. The summed E-state index contributed by atoms with van der Waals surface area (Å²) < 4.78 is 79.7. The first kappa shape index (κ1) is 20.8. The predicted octanol–water partition coefficient (Wildman–Crippen LogP) is 7.23. The molecule has 2 aromatic rings. The summed E-state index contributed by atoms with van der Waals surface area (Å²) in [6.07, 6.45) is 0.757. The largest absolute Gasteiger partial charge is 0.673 e. The van der Waals surface area contributed by atoms with Crippen LogP contribution in [0.3, 0.4) is 0 Å². The average molecular weight is 374 g/mol. The molecule has 0 N–H and O–H groups in total. The molecule has 136 valence electrons. The number of fused-ring (bicyclic) bond motifs is 1. The lowest BCUT2D eigenvalue weighted by Gasteiger charge is -2.13. The van der Waals surface area contributed by atoms with Gasteiger partial charge < -0.3 is 17.3 Å². The number of alkyl halides is 3. The summed E-state index contributed by atoms with van der Waals surface area (Å²) in [5.74, 6) is 0. The number of benzene rings is 1. The van der Waals surface area contributed by atoms with E-state index in [1.807, 2.05) is 39.8 Å². The van der Waals surface area contributed by atoms with Crippen LogP contribution >= 0.6 is 10.5 Å².